The predicted molar refractivity (Wildman–Crippen MR) is 64.1 cm³/mol. The molecular formula is C13H19NO. The Balaban J connectivity index is 2.85. The van der Waals surface area contributed by atoms with Gasteiger partial charge in [0.25, 0.3) is 0 Å². The summed E-state index contributed by atoms with van der Waals surface area (Å²) in [6, 6.07) is 6.11. The fraction of sp³-hybridized carbons (Fsp3) is 0.385. The molecule has 1 aromatic rings. The number of rotatable bonds is 4. The zero-order valence-electron chi connectivity index (χ0n) is 9.66. The highest BCUT2D eigenvalue weighted by Crippen LogP contribution is 2.24. The second-order valence-electron chi connectivity index (χ2n) is 3.71. The Bertz CT molecular complexity index is 342. The average Bonchev–Trinajstić information content (AvgIpc) is 2.20. The van der Waals surface area contributed by atoms with Crippen molar-refractivity contribution in [2.75, 3.05) is 6.61 Å². The van der Waals surface area contributed by atoms with Gasteiger partial charge in [-0.2, -0.15) is 0 Å². The number of hydrogen-bond acceptors (Lipinski definition) is 2. The lowest BCUT2D eigenvalue weighted by Crippen LogP contribution is -2.08. The highest BCUT2D eigenvalue weighted by molar-refractivity contribution is 5.38. The van der Waals surface area contributed by atoms with E-state index in [1.807, 2.05) is 38.1 Å². The molecule has 1 aromatic carbocycles. The minimum atomic E-state index is 0.00510. The third-order valence-corrected chi connectivity index (χ3v) is 2.23. The van der Waals surface area contributed by atoms with Gasteiger partial charge in [-0.3, -0.25) is 0 Å². The first-order chi connectivity index (χ1) is 7.15. The second-order valence-corrected chi connectivity index (χ2v) is 3.71. The van der Waals surface area contributed by atoms with Crippen molar-refractivity contribution in [1.82, 2.24) is 0 Å². The molecular weight excluding hydrogens is 186 g/mol. The lowest BCUT2D eigenvalue weighted by Gasteiger charge is -2.13. The number of ether oxygens (including phenoxy) is 1. The van der Waals surface area contributed by atoms with E-state index in [0.717, 1.165) is 11.3 Å². The van der Waals surface area contributed by atoms with Crippen LogP contribution in [-0.2, 0) is 0 Å². The monoisotopic (exact) mass is 205 g/mol. The summed E-state index contributed by atoms with van der Waals surface area (Å²) in [6.07, 6.45) is 3.95. The molecule has 1 rings (SSSR count). The van der Waals surface area contributed by atoms with Crippen LogP contribution in [0.4, 0.5) is 0 Å². The first-order valence-electron chi connectivity index (χ1n) is 5.25. The van der Waals surface area contributed by atoms with Gasteiger partial charge in [-0.1, -0.05) is 29.8 Å². The minimum Gasteiger partial charge on any atom is -0.489 e. The van der Waals surface area contributed by atoms with Crippen molar-refractivity contribution < 1.29 is 4.74 Å². The summed E-state index contributed by atoms with van der Waals surface area (Å²) >= 11 is 0. The van der Waals surface area contributed by atoms with Crippen molar-refractivity contribution in [3.8, 4) is 5.75 Å². The van der Waals surface area contributed by atoms with Crippen molar-refractivity contribution in [3.63, 3.8) is 0 Å². The first kappa shape index (κ1) is 11.8. The molecule has 2 nitrogen and oxygen atoms in total. The highest BCUT2D eigenvalue weighted by Gasteiger charge is 2.07. The van der Waals surface area contributed by atoms with E-state index in [4.69, 9.17) is 10.5 Å². The van der Waals surface area contributed by atoms with Crippen LogP contribution in [0.5, 0.6) is 5.75 Å². The molecule has 0 spiro atoms. The quantitative estimate of drug-likeness (QED) is 0.767. The summed E-state index contributed by atoms with van der Waals surface area (Å²) in [6.45, 7) is 6.60. The molecule has 0 saturated heterocycles. The van der Waals surface area contributed by atoms with Gasteiger partial charge in [0, 0.05) is 11.6 Å². The summed E-state index contributed by atoms with van der Waals surface area (Å²) in [4.78, 5) is 0. The molecule has 82 valence electrons. The van der Waals surface area contributed by atoms with Gasteiger partial charge in [0.2, 0.25) is 0 Å². The Labute approximate surface area is 91.7 Å². The van der Waals surface area contributed by atoms with Crippen LogP contribution in [0, 0.1) is 6.92 Å². The van der Waals surface area contributed by atoms with Crippen LogP contribution in [0.1, 0.15) is 31.0 Å². The van der Waals surface area contributed by atoms with E-state index in [9.17, 15) is 0 Å². The lowest BCUT2D eigenvalue weighted by molar-refractivity contribution is 0.356. The maximum Gasteiger partial charge on any atom is 0.124 e. The molecule has 0 aliphatic carbocycles. The van der Waals surface area contributed by atoms with Crippen molar-refractivity contribution in [2.45, 2.75) is 26.8 Å². The van der Waals surface area contributed by atoms with Crippen molar-refractivity contribution in [3.05, 3.63) is 41.5 Å². The van der Waals surface area contributed by atoms with Crippen LogP contribution >= 0.6 is 0 Å². The second kappa shape index (κ2) is 5.56. The third-order valence-electron chi connectivity index (χ3n) is 2.23. The maximum atomic E-state index is 5.89. The van der Waals surface area contributed by atoms with Gasteiger partial charge in [-0.05, 0) is 26.8 Å². The Kier molecular flexibility index (Phi) is 4.37. The smallest absolute Gasteiger partial charge is 0.124 e. The maximum absolute atomic E-state index is 5.89. The zero-order valence-corrected chi connectivity index (χ0v) is 9.66. The van der Waals surface area contributed by atoms with Gasteiger partial charge in [0.15, 0.2) is 0 Å². The summed E-state index contributed by atoms with van der Waals surface area (Å²) in [5.41, 5.74) is 8.17. The molecule has 0 aromatic heterocycles. The van der Waals surface area contributed by atoms with E-state index in [-0.39, 0.29) is 6.04 Å². The first-order valence-corrected chi connectivity index (χ1v) is 5.25. The molecule has 15 heavy (non-hydrogen) atoms. The van der Waals surface area contributed by atoms with Gasteiger partial charge < -0.3 is 10.5 Å². The van der Waals surface area contributed by atoms with Crippen molar-refractivity contribution >= 4 is 0 Å². The van der Waals surface area contributed by atoms with Crippen LogP contribution in [0.15, 0.2) is 30.4 Å². The largest absolute Gasteiger partial charge is 0.489 e. The van der Waals surface area contributed by atoms with E-state index in [1.54, 1.807) is 0 Å². The molecule has 0 saturated carbocycles. The Morgan fingerprint density at radius 2 is 2.20 bits per heavy atom. The summed E-state index contributed by atoms with van der Waals surface area (Å²) in [5.74, 6) is 0.883. The van der Waals surface area contributed by atoms with Crippen molar-refractivity contribution in [1.29, 1.82) is 0 Å². The summed E-state index contributed by atoms with van der Waals surface area (Å²) < 4.78 is 5.63. The van der Waals surface area contributed by atoms with Crippen LogP contribution in [-0.4, -0.2) is 6.61 Å². The third kappa shape index (κ3) is 3.40. The Morgan fingerprint density at radius 1 is 1.47 bits per heavy atom. The molecule has 0 heterocycles. The van der Waals surface area contributed by atoms with E-state index in [2.05, 4.69) is 13.0 Å². The summed E-state index contributed by atoms with van der Waals surface area (Å²) in [7, 11) is 0. The standard InChI is InChI=1S/C13H19NO/c1-4-5-8-15-13-7-6-10(2)9-12(13)11(3)14/h4-7,9,11H,8,14H2,1-3H3/b5-4+. The highest BCUT2D eigenvalue weighted by atomic mass is 16.5. The molecule has 0 aliphatic heterocycles. The molecule has 2 heteroatoms. The van der Waals surface area contributed by atoms with Crippen LogP contribution in [0.25, 0.3) is 0 Å². The van der Waals surface area contributed by atoms with Crippen LogP contribution < -0.4 is 10.5 Å². The normalized spacial score (nSPS) is 13.1. The van der Waals surface area contributed by atoms with E-state index in [1.165, 1.54) is 5.56 Å². The molecule has 0 radical (unpaired) electrons. The fourth-order valence-electron chi connectivity index (χ4n) is 1.39. The van der Waals surface area contributed by atoms with Gasteiger partial charge >= 0.3 is 0 Å². The predicted octanol–water partition coefficient (Wildman–Crippen LogP) is 2.97. The molecule has 1 unspecified atom stereocenters. The van der Waals surface area contributed by atoms with Gasteiger partial charge in [0.05, 0.1) is 0 Å². The number of allylic oxidation sites excluding steroid dienone is 1. The average molecular weight is 205 g/mol. The van der Waals surface area contributed by atoms with E-state index >= 15 is 0 Å². The van der Waals surface area contributed by atoms with Gasteiger partial charge in [-0.25, -0.2) is 0 Å². The molecule has 0 aliphatic rings. The number of aryl methyl sites for hydroxylation is 1. The van der Waals surface area contributed by atoms with Crippen LogP contribution in [0.2, 0.25) is 0 Å². The SMILES string of the molecule is C/C=C/COc1ccc(C)cc1C(C)N. The molecule has 0 amide bonds. The summed E-state index contributed by atoms with van der Waals surface area (Å²) in [5, 5.41) is 0. The molecule has 0 bridgehead atoms. The fourth-order valence-corrected chi connectivity index (χ4v) is 1.39. The number of hydrogen-bond donors (Lipinski definition) is 1. The number of nitrogens with two attached hydrogens (primary N) is 1. The molecule has 2 N–H and O–H groups in total. The lowest BCUT2D eigenvalue weighted by atomic mass is 10.1. The van der Waals surface area contributed by atoms with E-state index in [0.29, 0.717) is 6.61 Å². The number of benzene rings is 1. The van der Waals surface area contributed by atoms with Crippen molar-refractivity contribution in [2.24, 2.45) is 5.73 Å². The zero-order chi connectivity index (χ0) is 11.3. The van der Waals surface area contributed by atoms with Gasteiger partial charge in [0.1, 0.15) is 12.4 Å². The topological polar surface area (TPSA) is 35.2 Å². The molecule has 0 fully saturated rings. The van der Waals surface area contributed by atoms with Gasteiger partial charge in [-0.15, -0.1) is 0 Å². The Morgan fingerprint density at radius 3 is 2.80 bits per heavy atom. The minimum absolute atomic E-state index is 0.00510. The Hall–Kier alpha value is -1.28. The van der Waals surface area contributed by atoms with E-state index < -0.39 is 0 Å². The molecule has 1 atom stereocenters. The van der Waals surface area contributed by atoms with Crippen LogP contribution in [0.3, 0.4) is 0 Å².